The van der Waals surface area contributed by atoms with Crippen molar-refractivity contribution in [2.24, 2.45) is 0 Å². The van der Waals surface area contributed by atoms with Crippen LogP contribution >= 0.6 is 0 Å². The van der Waals surface area contributed by atoms with Crippen LogP contribution in [-0.4, -0.2) is 26.0 Å². The van der Waals surface area contributed by atoms with Crippen molar-refractivity contribution < 1.29 is 4.74 Å². The number of ether oxygens (including phenoxy) is 1. The van der Waals surface area contributed by atoms with Gasteiger partial charge in [-0.3, -0.25) is 4.90 Å². The molecular weight excluding hydrogens is 236 g/mol. The number of para-hydroxylation sites is 1. The fourth-order valence-corrected chi connectivity index (χ4v) is 2.07. The van der Waals surface area contributed by atoms with Crippen molar-refractivity contribution in [3.8, 4) is 11.5 Å². The number of rotatable bonds is 5. The third-order valence-corrected chi connectivity index (χ3v) is 2.96. The van der Waals surface area contributed by atoms with Crippen molar-refractivity contribution in [3.05, 3.63) is 60.2 Å². The average Bonchev–Trinajstić information content (AvgIpc) is 2.42. The van der Waals surface area contributed by atoms with Gasteiger partial charge in [0.15, 0.2) is 0 Å². The number of hydrogen-bond donors (Lipinski definition) is 1. The Morgan fingerprint density at radius 2 is 1.47 bits per heavy atom. The molecule has 1 N–H and O–H groups in total. The van der Waals surface area contributed by atoms with Gasteiger partial charge in [-0.2, -0.15) is 0 Å². The average molecular weight is 256 g/mol. The van der Waals surface area contributed by atoms with Gasteiger partial charge in [-0.15, -0.1) is 0 Å². The Morgan fingerprint density at radius 1 is 0.895 bits per heavy atom. The van der Waals surface area contributed by atoms with E-state index in [9.17, 15) is 0 Å². The van der Waals surface area contributed by atoms with Gasteiger partial charge in [-0.1, -0.05) is 30.3 Å². The molecule has 0 radical (unpaired) electrons. The molecule has 0 aliphatic carbocycles. The van der Waals surface area contributed by atoms with Gasteiger partial charge < -0.3 is 10.1 Å². The lowest BCUT2D eigenvalue weighted by molar-refractivity contribution is 0.264. The third-order valence-electron chi connectivity index (χ3n) is 2.96. The Kier molecular flexibility index (Phi) is 4.55. The van der Waals surface area contributed by atoms with Gasteiger partial charge in [-0.25, -0.2) is 0 Å². The van der Waals surface area contributed by atoms with E-state index in [0.717, 1.165) is 11.5 Å². The van der Waals surface area contributed by atoms with Gasteiger partial charge in [0, 0.05) is 0 Å². The molecule has 100 valence electrons. The lowest BCUT2D eigenvalue weighted by Gasteiger charge is -2.24. The Morgan fingerprint density at radius 3 is 2.00 bits per heavy atom. The van der Waals surface area contributed by atoms with Crippen molar-refractivity contribution in [1.29, 1.82) is 0 Å². The highest BCUT2D eigenvalue weighted by Gasteiger charge is 2.10. The van der Waals surface area contributed by atoms with Crippen LogP contribution in [0.1, 0.15) is 11.7 Å². The Labute approximate surface area is 114 Å². The molecule has 2 aromatic rings. The fourth-order valence-electron chi connectivity index (χ4n) is 2.07. The molecular formula is C16H20N2O. The quantitative estimate of drug-likeness (QED) is 0.831. The molecule has 3 heteroatoms. The molecule has 0 spiro atoms. The molecule has 0 heterocycles. The first-order valence-corrected chi connectivity index (χ1v) is 6.37. The summed E-state index contributed by atoms with van der Waals surface area (Å²) in [4.78, 5) is 2.13. The minimum atomic E-state index is 0.214. The van der Waals surface area contributed by atoms with Crippen LogP contribution < -0.4 is 10.1 Å². The molecule has 0 fully saturated rings. The second kappa shape index (κ2) is 6.36. The van der Waals surface area contributed by atoms with E-state index in [2.05, 4.69) is 36.4 Å². The number of hydrogen-bond acceptors (Lipinski definition) is 3. The van der Waals surface area contributed by atoms with Crippen molar-refractivity contribution in [1.82, 2.24) is 10.2 Å². The molecule has 2 rings (SSSR count). The van der Waals surface area contributed by atoms with Crippen LogP contribution in [0, 0.1) is 0 Å². The Hall–Kier alpha value is -1.84. The third kappa shape index (κ3) is 3.56. The van der Waals surface area contributed by atoms with E-state index in [1.807, 2.05) is 49.5 Å². The smallest absolute Gasteiger partial charge is 0.127 e. The monoisotopic (exact) mass is 256 g/mol. The maximum Gasteiger partial charge on any atom is 0.127 e. The first kappa shape index (κ1) is 13.6. The number of nitrogens with zero attached hydrogens (tertiary/aromatic N) is 1. The summed E-state index contributed by atoms with van der Waals surface area (Å²) in [5.41, 5.74) is 1.22. The Bertz CT molecular complexity index is 494. The molecule has 3 nitrogen and oxygen atoms in total. The van der Waals surface area contributed by atoms with Crippen molar-refractivity contribution in [2.75, 3.05) is 21.1 Å². The summed E-state index contributed by atoms with van der Waals surface area (Å²) < 4.78 is 5.77. The number of nitrogens with one attached hydrogen (secondary N) is 1. The second-order valence-electron chi connectivity index (χ2n) is 4.64. The summed E-state index contributed by atoms with van der Waals surface area (Å²) in [5, 5.41) is 3.27. The van der Waals surface area contributed by atoms with Crippen molar-refractivity contribution in [2.45, 2.75) is 6.17 Å². The molecule has 0 saturated heterocycles. The van der Waals surface area contributed by atoms with Gasteiger partial charge in [0.05, 0.1) is 6.17 Å². The minimum absolute atomic E-state index is 0.214. The summed E-state index contributed by atoms with van der Waals surface area (Å²) in [6.45, 7) is 0. The van der Waals surface area contributed by atoms with Crippen LogP contribution in [-0.2, 0) is 0 Å². The normalized spacial score (nSPS) is 12.4. The van der Waals surface area contributed by atoms with Gasteiger partial charge in [0.2, 0.25) is 0 Å². The number of benzene rings is 2. The summed E-state index contributed by atoms with van der Waals surface area (Å²) >= 11 is 0. The van der Waals surface area contributed by atoms with Crippen molar-refractivity contribution >= 4 is 0 Å². The van der Waals surface area contributed by atoms with Crippen LogP contribution in [0.4, 0.5) is 0 Å². The van der Waals surface area contributed by atoms with E-state index in [0.29, 0.717) is 0 Å². The minimum Gasteiger partial charge on any atom is -0.457 e. The highest BCUT2D eigenvalue weighted by Crippen LogP contribution is 2.23. The molecule has 0 aliphatic heterocycles. The predicted molar refractivity (Wildman–Crippen MR) is 78.4 cm³/mol. The van der Waals surface area contributed by atoms with Gasteiger partial charge in [-0.05, 0) is 51.0 Å². The second-order valence-corrected chi connectivity index (χ2v) is 4.64. The zero-order valence-corrected chi connectivity index (χ0v) is 11.6. The van der Waals surface area contributed by atoms with E-state index in [4.69, 9.17) is 4.74 Å². The molecule has 19 heavy (non-hydrogen) atoms. The fraction of sp³-hybridized carbons (Fsp3) is 0.250. The first-order chi connectivity index (χ1) is 9.20. The molecule has 0 aromatic heterocycles. The molecule has 0 aliphatic rings. The lowest BCUT2D eigenvalue weighted by Crippen LogP contribution is -2.30. The highest BCUT2D eigenvalue weighted by molar-refractivity contribution is 5.33. The maximum absolute atomic E-state index is 5.77. The molecule has 1 unspecified atom stereocenters. The SMILES string of the molecule is CNC(c1ccc(Oc2ccccc2)cc1)N(C)C. The molecule has 1 atom stereocenters. The Balaban J connectivity index is 2.10. The predicted octanol–water partition coefficient (Wildman–Crippen LogP) is 3.26. The van der Waals surface area contributed by atoms with E-state index in [1.165, 1.54) is 5.56 Å². The largest absolute Gasteiger partial charge is 0.457 e. The van der Waals surface area contributed by atoms with E-state index < -0.39 is 0 Å². The van der Waals surface area contributed by atoms with Crippen LogP contribution in [0.2, 0.25) is 0 Å². The molecule has 0 saturated carbocycles. The van der Waals surface area contributed by atoms with Crippen LogP contribution in [0.3, 0.4) is 0 Å². The molecule has 2 aromatic carbocycles. The highest BCUT2D eigenvalue weighted by atomic mass is 16.5. The van der Waals surface area contributed by atoms with E-state index >= 15 is 0 Å². The molecule has 0 bridgehead atoms. The van der Waals surface area contributed by atoms with Gasteiger partial charge in [0.25, 0.3) is 0 Å². The summed E-state index contributed by atoms with van der Waals surface area (Å²) in [6, 6.07) is 18.0. The van der Waals surface area contributed by atoms with E-state index in [1.54, 1.807) is 0 Å². The lowest BCUT2D eigenvalue weighted by atomic mass is 10.1. The summed E-state index contributed by atoms with van der Waals surface area (Å²) in [6.07, 6.45) is 0.214. The zero-order valence-electron chi connectivity index (χ0n) is 11.6. The van der Waals surface area contributed by atoms with Gasteiger partial charge in [0.1, 0.15) is 11.5 Å². The summed E-state index contributed by atoms with van der Waals surface area (Å²) in [5.74, 6) is 1.71. The van der Waals surface area contributed by atoms with Crippen LogP contribution in [0.25, 0.3) is 0 Å². The van der Waals surface area contributed by atoms with Crippen molar-refractivity contribution in [3.63, 3.8) is 0 Å². The summed E-state index contributed by atoms with van der Waals surface area (Å²) in [7, 11) is 6.06. The molecule has 0 amide bonds. The van der Waals surface area contributed by atoms with E-state index in [-0.39, 0.29) is 6.17 Å². The standard InChI is InChI=1S/C16H20N2O/c1-17-16(18(2)3)13-9-11-15(12-10-13)19-14-7-5-4-6-8-14/h4-12,16-17H,1-3H3. The first-order valence-electron chi connectivity index (χ1n) is 6.37. The van der Waals surface area contributed by atoms with Gasteiger partial charge >= 0.3 is 0 Å². The zero-order chi connectivity index (χ0) is 13.7. The van der Waals surface area contributed by atoms with Crippen LogP contribution in [0.5, 0.6) is 11.5 Å². The van der Waals surface area contributed by atoms with Crippen LogP contribution in [0.15, 0.2) is 54.6 Å². The topological polar surface area (TPSA) is 24.5 Å². The maximum atomic E-state index is 5.77.